The van der Waals surface area contributed by atoms with Crippen molar-refractivity contribution in [2.75, 3.05) is 33.2 Å². The first-order valence-corrected chi connectivity index (χ1v) is 10.7. The number of amides is 1. The van der Waals surface area contributed by atoms with Crippen molar-refractivity contribution in [1.29, 1.82) is 0 Å². The van der Waals surface area contributed by atoms with E-state index >= 15 is 0 Å². The zero-order chi connectivity index (χ0) is 18.8. The summed E-state index contributed by atoms with van der Waals surface area (Å²) in [5, 5.41) is 0. The third kappa shape index (κ3) is 3.92. The third-order valence-corrected chi connectivity index (χ3v) is 7.84. The van der Waals surface area contributed by atoms with Crippen LogP contribution in [0.2, 0.25) is 0 Å². The highest BCUT2D eigenvalue weighted by Gasteiger charge is 2.43. The van der Waals surface area contributed by atoms with Gasteiger partial charge in [0.15, 0.2) is 0 Å². The summed E-state index contributed by atoms with van der Waals surface area (Å²) in [7, 11) is -1.75. The molecule has 0 aromatic carbocycles. The fraction of sp³-hybridized carbons (Fsp3) is 0.667. The molecule has 7 nitrogen and oxygen atoms in total. The molecule has 2 saturated heterocycles. The van der Waals surface area contributed by atoms with E-state index in [0.717, 1.165) is 25.0 Å². The Kier molecular flexibility index (Phi) is 5.64. The predicted octanol–water partition coefficient (Wildman–Crippen LogP) is 1.48. The molecule has 1 aromatic heterocycles. The van der Waals surface area contributed by atoms with E-state index in [4.69, 9.17) is 0 Å². The minimum Gasteiger partial charge on any atom is -0.336 e. The van der Waals surface area contributed by atoms with Crippen molar-refractivity contribution < 1.29 is 13.2 Å². The zero-order valence-corrected chi connectivity index (χ0v) is 16.4. The van der Waals surface area contributed by atoms with E-state index in [1.165, 1.54) is 4.31 Å². The van der Waals surface area contributed by atoms with Gasteiger partial charge in [-0.1, -0.05) is 13.0 Å². The largest absolute Gasteiger partial charge is 0.336 e. The fourth-order valence-corrected chi connectivity index (χ4v) is 5.26. The number of pyridine rings is 1. The molecule has 0 unspecified atom stereocenters. The quantitative estimate of drug-likeness (QED) is 0.776. The van der Waals surface area contributed by atoms with Crippen LogP contribution in [0.1, 0.15) is 38.3 Å². The van der Waals surface area contributed by atoms with Crippen molar-refractivity contribution in [3.63, 3.8) is 0 Å². The van der Waals surface area contributed by atoms with E-state index < -0.39 is 10.2 Å². The summed E-state index contributed by atoms with van der Waals surface area (Å²) in [6.07, 6.45) is 4.73. The Balaban J connectivity index is 1.65. The normalized spacial score (nSPS) is 21.5. The molecule has 0 N–H and O–H groups in total. The van der Waals surface area contributed by atoms with E-state index in [-0.39, 0.29) is 11.3 Å². The highest BCUT2D eigenvalue weighted by molar-refractivity contribution is 7.86. The van der Waals surface area contributed by atoms with Gasteiger partial charge in [0.05, 0.1) is 12.2 Å². The number of carbonyl (C=O) groups excluding carboxylic acids is 1. The van der Waals surface area contributed by atoms with Crippen molar-refractivity contribution in [2.24, 2.45) is 5.41 Å². The van der Waals surface area contributed by atoms with Gasteiger partial charge in [-0.05, 0) is 36.8 Å². The fourth-order valence-electron chi connectivity index (χ4n) is 3.89. The summed E-state index contributed by atoms with van der Waals surface area (Å²) in [5.41, 5.74) is 0.918. The molecule has 2 fully saturated rings. The Morgan fingerprint density at radius 1 is 1.23 bits per heavy atom. The molecule has 1 spiro atoms. The topological polar surface area (TPSA) is 73.8 Å². The van der Waals surface area contributed by atoms with Crippen LogP contribution in [0.15, 0.2) is 24.4 Å². The van der Waals surface area contributed by atoms with Crippen LogP contribution in [0.4, 0.5) is 0 Å². The Morgan fingerprint density at radius 2 is 1.96 bits per heavy atom. The number of piperidine rings is 2. The van der Waals surface area contributed by atoms with Crippen molar-refractivity contribution in [1.82, 2.24) is 18.5 Å². The summed E-state index contributed by atoms with van der Waals surface area (Å²) in [6, 6.07) is 5.73. The van der Waals surface area contributed by atoms with E-state index in [1.54, 1.807) is 17.5 Å². The molecule has 0 saturated carbocycles. The van der Waals surface area contributed by atoms with Gasteiger partial charge in [-0.3, -0.25) is 9.78 Å². The standard InChI is InChI=1S/C18H28N4O3S/c1-3-20(2)26(24,25)22-12-9-18(10-13-22)8-7-17(23)21(15-18)14-16-6-4-5-11-19-16/h4-6,11H,3,7-10,12-15H2,1-2H3. The van der Waals surface area contributed by atoms with Crippen LogP contribution >= 0.6 is 0 Å². The second kappa shape index (κ2) is 7.62. The first-order valence-electron chi connectivity index (χ1n) is 9.25. The number of likely N-dealkylation sites (tertiary alicyclic amines) is 1. The van der Waals surface area contributed by atoms with E-state index in [0.29, 0.717) is 39.1 Å². The molecule has 0 aliphatic carbocycles. The Morgan fingerprint density at radius 3 is 2.58 bits per heavy atom. The maximum absolute atomic E-state index is 12.5. The Bertz CT molecular complexity index is 730. The molecule has 0 bridgehead atoms. The van der Waals surface area contributed by atoms with Crippen LogP contribution in [-0.4, -0.2) is 66.0 Å². The minimum absolute atomic E-state index is 0.0273. The molecule has 1 amide bonds. The smallest absolute Gasteiger partial charge is 0.281 e. The van der Waals surface area contributed by atoms with Gasteiger partial charge in [-0.15, -0.1) is 0 Å². The molecule has 0 radical (unpaired) electrons. The van der Waals surface area contributed by atoms with Crippen LogP contribution in [-0.2, 0) is 21.5 Å². The number of rotatable bonds is 5. The second-order valence-electron chi connectivity index (χ2n) is 7.39. The lowest BCUT2D eigenvalue weighted by atomic mass is 9.72. The molecule has 0 atom stereocenters. The number of carbonyl (C=O) groups is 1. The number of hydrogen-bond donors (Lipinski definition) is 0. The SMILES string of the molecule is CCN(C)S(=O)(=O)N1CCC2(CCC(=O)N(Cc3ccccn3)C2)CC1. The van der Waals surface area contributed by atoms with Crippen LogP contribution in [0, 0.1) is 5.41 Å². The zero-order valence-electron chi connectivity index (χ0n) is 15.6. The molecule has 3 rings (SSSR count). The first-order chi connectivity index (χ1) is 12.4. The predicted molar refractivity (Wildman–Crippen MR) is 99.4 cm³/mol. The van der Waals surface area contributed by atoms with Gasteiger partial charge in [0.1, 0.15) is 0 Å². The first kappa shape index (κ1) is 19.3. The van der Waals surface area contributed by atoms with Crippen molar-refractivity contribution in [3.8, 4) is 0 Å². The second-order valence-corrected chi connectivity index (χ2v) is 9.43. The van der Waals surface area contributed by atoms with Gasteiger partial charge >= 0.3 is 0 Å². The third-order valence-electron chi connectivity index (χ3n) is 5.78. The highest BCUT2D eigenvalue weighted by Crippen LogP contribution is 2.41. The number of nitrogens with zero attached hydrogens (tertiary/aromatic N) is 4. The monoisotopic (exact) mass is 380 g/mol. The highest BCUT2D eigenvalue weighted by atomic mass is 32.2. The summed E-state index contributed by atoms with van der Waals surface area (Å²) >= 11 is 0. The Labute approximate surface area is 156 Å². The molecule has 2 aliphatic rings. The van der Waals surface area contributed by atoms with Crippen molar-refractivity contribution in [3.05, 3.63) is 30.1 Å². The average molecular weight is 381 g/mol. The molecule has 3 heterocycles. The average Bonchev–Trinajstić information content (AvgIpc) is 2.65. The molecular formula is C18H28N4O3S. The van der Waals surface area contributed by atoms with E-state index in [2.05, 4.69) is 4.98 Å². The van der Waals surface area contributed by atoms with E-state index in [9.17, 15) is 13.2 Å². The minimum atomic E-state index is -3.36. The van der Waals surface area contributed by atoms with Gasteiger partial charge in [0.2, 0.25) is 5.91 Å². The number of hydrogen-bond acceptors (Lipinski definition) is 4. The van der Waals surface area contributed by atoms with Crippen LogP contribution in [0.5, 0.6) is 0 Å². The van der Waals surface area contributed by atoms with Gasteiger partial charge in [-0.25, -0.2) is 0 Å². The van der Waals surface area contributed by atoms with Gasteiger partial charge in [0, 0.05) is 45.8 Å². The van der Waals surface area contributed by atoms with Crippen LogP contribution < -0.4 is 0 Å². The van der Waals surface area contributed by atoms with Crippen molar-refractivity contribution in [2.45, 2.75) is 39.2 Å². The van der Waals surface area contributed by atoms with Gasteiger partial charge < -0.3 is 4.90 Å². The molecule has 26 heavy (non-hydrogen) atoms. The van der Waals surface area contributed by atoms with Crippen LogP contribution in [0.25, 0.3) is 0 Å². The summed E-state index contributed by atoms with van der Waals surface area (Å²) in [6.45, 7) is 4.58. The van der Waals surface area contributed by atoms with Gasteiger partial charge in [-0.2, -0.15) is 17.0 Å². The maximum Gasteiger partial charge on any atom is 0.281 e. The summed E-state index contributed by atoms with van der Waals surface area (Å²) in [4.78, 5) is 18.6. The lowest BCUT2D eigenvalue weighted by Crippen LogP contribution is -2.53. The summed E-state index contributed by atoms with van der Waals surface area (Å²) in [5.74, 6) is 0.169. The lowest BCUT2D eigenvalue weighted by Gasteiger charge is -2.47. The molecule has 8 heteroatoms. The lowest BCUT2D eigenvalue weighted by molar-refractivity contribution is -0.139. The maximum atomic E-state index is 12.5. The molecular weight excluding hydrogens is 352 g/mol. The van der Waals surface area contributed by atoms with Gasteiger partial charge in [0.25, 0.3) is 10.2 Å². The molecule has 1 aromatic rings. The van der Waals surface area contributed by atoms with E-state index in [1.807, 2.05) is 30.0 Å². The Hall–Kier alpha value is -1.51. The molecule has 2 aliphatic heterocycles. The number of aromatic nitrogens is 1. The molecule has 144 valence electrons. The summed E-state index contributed by atoms with van der Waals surface area (Å²) < 4.78 is 28.0. The van der Waals surface area contributed by atoms with Crippen LogP contribution in [0.3, 0.4) is 0 Å². The van der Waals surface area contributed by atoms with Crippen molar-refractivity contribution >= 4 is 16.1 Å².